The Morgan fingerprint density at radius 2 is 2.19 bits per heavy atom. The molecule has 0 radical (unpaired) electrons. The number of aromatic nitrogens is 5. The summed E-state index contributed by atoms with van der Waals surface area (Å²) in [6.45, 7) is 0. The molecule has 1 fully saturated rings. The topological polar surface area (TPSA) is 120 Å². The van der Waals surface area contributed by atoms with Crippen LogP contribution in [0, 0.1) is 0 Å². The number of nitrogens with zero attached hydrogens (tertiary/aromatic N) is 6. The lowest BCUT2D eigenvalue weighted by molar-refractivity contribution is 0.600. The lowest BCUT2D eigenvalue weighted by Gasteiger charge is -2.23. The molecular weight excluding hydrogens is 294 g/mol. The molecule has 2 aromatic heterocycles. The Morgan fingerprint density at radius 1 is 1.38 bits per heavy atom. The Labute approximate surface area is 121 Å². The van der Waals surface area contributed by atoms with Crippen molar-refractivity contribution in [1.29, 1.82) is 0 Å². The Bertz CT molecular complexity index is 744. The van der Waals surface area contributed by atoms with Gasteiger partial charge in [0.15, 0.2) is 9.84 Å². The molecule has 1 aliphatic heterocycles. The quantitative estimate of drug-likeness (QED) is 0.787. The molecule has 0 bridgehead atoms. The first-order valence-corrected chi connectivity index (χ1v) is 8.21. The fourth-order valence-electron chi connectivity index (χ4n) is 2.26. The molecule has 2 aromatic rings. The standard InChI is InChI=1S/C11H15N7O2S/c1-17(8-3-6-21(19,20)7-8)10-14-9(12)15-11(16-10)18-5-2-4-13-18/h2,4-5,8H,3,6-7H2,1H3,(H2,12,14,15,16). The summed E-state index contributed by atoms with van der Waals surface area (Å²) in [6.07, 6.45) is 3.85. The molecule has 21 heavy (non-hydrogen) atoms. The number of sulfone groups is 1. The Morgan fingerprint density at radius 3 is 2.81 bits per heavy atom. The minimum atomic E-state index is -2.97. The van der Waals surface area contributed by atoms with Gasteiger partial charge in [0.05, 0.1) is 11.5 Å². The van der Waals surface area contributed by atoms with Crippen molar-refractivity contribution in [2.24, 2.45) is 0 Å². The van der Waals surface area contributed by atoms with Crippen molar-refractivity contribution < 1.29 is 8.42 Å². The van der Waals surface area contributed by atoms with Crippen molar-refractivity contribution in [1.82, 2.24) is 24.7 Å². The highest BCUT2D eigenvalue weighted by atomic mass is 32.2. The first-order chi connectivity index (χ1) is 9.94. The highest BCUT2D eigenvalue weighted by Crippen LogP contribution is 2.21. The molecular formula is C11H15N7O2S. The van der Waals surface area contributed by atoms with E-state index in [1.165, 1.54) is 4.68 Å². The molecule has 0 aliphatic carbocycles. The molecule has 3 heterocycles. The molecule has 2 N–H and O–H groups in total. The van der Waals surface area contributed by atoms with E-state index in [9.17, 15) is 8.42 Å². The minimum Gasteiger partial charge on any atom is -0.368 e. The van der Waals surface area contributed by atoms with Gasteiger partial charge in [0.1, 0.15) is 0 Å². The van der Waals surface area contributed by atoms with Crippen molar-refractivity contribution in [3.63, 3.8) is 0 Å². The average molecular weight is 309 g/mol. The van der Waals surface area contributed by atoms with Gasteiger partial charge in [0, 0.05) is 25.5 Å². The molecule has 0 amide bonds. The molecule has 10 heteroatoms. The Balaban J connectivity index is 1.92. The van der Waals surface area contributed by atoms with Gasteiger partial charge in [-0.2, -0.15) is 20.1 Å². The van der Waals surface area contributed by atoms with Crippen LogP contribution in [0.25, 0.3) is 5.95 Å². The van der Waals surface area contributed by atoms with E-state index in [2.05, 4.69) is 20.1 Å². The lowest BCUT2D eigenvalue weighted by atomic mass is 10.2. The molecule has 0 aromatic carbocycles. The van der Waals surface area contributed by atoms with E-state index in [0.29, 0.717) is 18.3 Å². The summed E-state index contributed by atoms with van der Waals surface area (Å²) < 4.78 is 24.6. The van der Waals surface area contributed by atoms with E-state index in [0.717, 1.165) is 0 Å². The van der Waals surface area contributed by atoms with E-state index < -0.39 is 9.84 Å². The maximum absolute atomic E-state index is 11.6. The molecule has 1 unspecified atom stereocenters. The molecule has 0 spiro atoms. The van der Waals surface area contributed by atoms with Gasteiger partial charge in [-0.3, -0.25) is 0 Å². The maximum atomic E-state index is 11.6. The zero-order valence-corrected chi connectivity index (χ0v) is 12.2. The summed E-state index contributed by atoms with van der Waals surface area (Å²) in [4.78, 5) is 14.1. The molecule has 1 saturated heterocycles. The lowest BCUT2D eigenvalue weighted by Crippen LogP contribution is -2.34. The average Bonchev–Trinajstić information content (AvgIpc) is 3.06. The second kappa shape index (κ2) is 4.95. The minimum absolute atomic E-state index is 0.0678. The molecule has 1 aliphatic rings. The SMILES string of the molecule is CN(c1nc(N)nc(-n2cccn2)n1)C1CCS(=O)(=O)C1. The number of hydrogen-bond acceptors (Lipinski definition) is 8. The molecule has 3 rings (SSSR count). The van der Waals surface area contributed by atoms with Crippen molar-refractivity contribution in [3.05, 3.63) is 18.5 Å². The predicted molar refractivity (Wildman–Crippen MR) is 76.8 cm³/mol. The van der Waals surface area contributed by atoms with Crippen LogP contribution in [0.2, 0.25) is 0 Å². The van der Waals surface area contributed by atoms with Gasteiger partial charge in [-0.15, -0.1) is 0 Å². The summed E-state index contributed by atoms with van der Waals surface area (Å²) in [7, 11) is -1.22. The van der Waals surface area contributed by atoms with E-state index in [-0.39, 0.29) is 23.5 Å². The molecule has 1 atom stereocenters. The summed E-state index contributed by atoms with van der Waals surface area (Å²) in [5, 5.41) is 4.04. The van der Waals surface area contributed by atoms with Crippen LogP contribution in [0.3, 0.4) is 0 Å². The van der Waals surface area contributed by atoms with E-state index in [4.69, 9.17) is 5.73 Å². The van der Waals surface area contributed by atoms with Gasteiger partial charge in [0.25, 0.3) is 5.95 Å². The summed E-state index contributed by atoms with van der Waals surface area (Å²) in [6, 6.07) is 1.59. The number of hydrogen-bond donors (Lipinski definition) is 1. The third-order valence-corrected chi connectivity index (χ3v) is 5.16. The predicted octanol–water partition coefficient (Wildman–Crippen LogP) is -0.737. The fraction of sp³-hybridized carbons (Fsp3) is 0.455. The van der Waals surface area contributed by atoms with Crippen LogP contribution in [0.5, 0.6) is 0 Å². The third-order valence-electron chi connectivity index (χ3n) is 3.41. The van der Waals surface area contributed by atoms with E-state index >= 15 is 0 Å². The second-order valence-corrected chi connectivity index (χ2v) is 7.14. The summed E-state index contributed by atoms with van der Waals surface area (Å²) >= 11 is 0. The van der Waals surface area contributed by atoms with Crippen LogP contribution in [-0.4, -0.2) is 57.7 Å². The van der Waals surface area contributed by atoms with Gasteiger partial charge >= 0.3 is 0 Å². The van der Waals surface area contributed by atoms with E-state index in [1.807, 2.05) is 0 Å². The number of nitrogens with two attached hydrogens (primary N) is 1. The summed E-state index contributed by atoms with van der Waals surface area (Å²) in [5.41, 5.74) is 5.71. The van der Waals surface area contributed by atoms with Crippen molar-refractivity contribution in [3.8, 4) is 5.95 Å². The number of rotatable bonds is 3. The monoisotopic (exact) mass is 309 g/mol. The van der Waals surface area contributed by atoms with Crippen LogP contribution in [0.4, 0.5) is 11.9 Å². The third kappa shape index (κ3) is 2.79. The van der Waals surface area contributed by atoms with Gasteiger partial charge in [0.2, 0.25) is 11.9 Å². The largest absolute Gasteiger partial charge is 0.368 e. The van der Waals surface area contributed by atoms with Crippen molar-refractivity contribution >= 4 is 21.7 Å². The molecule has 112 valence electrons. The number of anilines is 2. The summed E-state index contributed by atoms with van der Waals surface area (Å²) in [5.74, 6) is 1.00. The van der Waals surface area contributed by atoms with Gasteiger partial charge in [-0.1, -0.05) is 0 Å². The zero-order valence-electron chi connectivity index (χ0n) is 11.4. The van der Waals surface area contributed by atoms with Crippen LogP contribution in [0.15, 0.2) is 18.5 Å². The first kappa shape index (κ1) is 13.7. The molecule has 9 nitrogen and oxygen atoms in total. The fourth-order valence-corrected chi connectivity index (χ4v) is 4.04. The second-order valence-electron chi connectivity index (χ2n) is 4.91. The van der Waals surface area contributed by atoms with Crippen LogP contribution in [-0.2, 0) is 9.84 Å². The molecule has 0 saturated carbocycles. The van der Waals surface area contributed by atoms with Crippen LogP contribution < -0.4 is 10.6 Å². The smallest absolute Gasteiger partial charge is 0.257 e. The normalized spacial score (nSPS) is 20.5. The zero-order chi connectivity index (χ0) is 15.0. The van der Waals surface area contributed by atoms with Crippen LogP contribution in [0.1, 0.15) is 6.42 Å². The Kier molecular flexibility index (Phi) is 3.24. The van der Waals surface area contributed by atoms with Gasteiger partial charge in [-0.25, -0.2) is 13.1 Å². The van der Waals surface area contributed by atoms with Crippen molar-refractivity contribution in [2.75, 3.05) is 29.2 Å². The van der Waals surface area contributed by atoms with Crippen LogP contribution >= 0.6 is 0 Å². The highest BCUT2D eigenvalue weighted by molar-refractivity contribution is 7.91. The first-order valence-electron chi connectivity index (χ1n) is 6.39. The Hall–Kier alpha value is -2.23. The van der Waals surface area contributed by atoms with Crippen molar-refractivity contribution in [2.45, 2.75) is 12.5 Å². The highest BCUT2D eigenvalue weighted by Gasteiger charge is 2.32. The van der Waals surface area contributed by atoms with Gasteiger partial charge < -0.3 is 10.6 Å². The van der Waals surface area contributed by atoms with Gasteiger partial charge in [-0.05, 0) is 12.5 Å². The number of nitrogen functional groups attached to an aromatic ring is 1. The maximum Gasteiger partial charge on any atom is 0.257 e. The van der Waals surface area contributed by atoms with E-state index in [1.54, 1.807) is 30.4 Å².